The lowest BCUT2D eigenvalue weighted by Gasteiger charge is -2.07. The molecule has 0 saturated carbocycles. The highest BCUT2D eigenvalue weighted by molar-refractivity contribution is 5.49. The first kappa shape index (κ1) is 25.0. The summed E-state index contributed by atoms with van der Waals surface area (Å²) in [5.41, 5.74) is 9.36. The van der Waals surface area contributed by atoms with Gasteiger partial charge in [0.1, 0.15) is 0 Å². The molecule has 3 rings (SSSR count). The molecule has 0 aliphatic heterocycles. The zero-order valence-electron chi connectivity index (χ0n) is 20.7. The number of aromatic nitrogens is 5. The van der Waals surface area contributed by atoms with Gasteiger partial charge in [0.2, 0.25) is 0 Å². The average molecular weight is 451 g/mol. The summed E-state index contributed by atoms with van der Waals surface area (Å²) < 4.78 is 3.65. The highest BCUT2D eigenvalue weighted by Gasteiger charge is 2.09. The van der Waals surface area contributed by atoms with Crippen LogP contribution in [-0.4, -0.2) is 24.5 Å². The van der Waals surface area contributed by atoms with E-state index < -0.39 is 0 Å². The molecule has 0 bridgehead atoms. The fraction of sp³-hybridized carbons (Fsp3) is 0.593. The summed E-state index contributed by atoms with van der Waals surface area (Å²) in [5, 5.41) is 9.07. The molecule has 0 saturated heterocycles. The minimum Gasteiger partial charge on any atom is -0.399 e. The number of pyridine rings is 1. The molecule has 0 atom stereocenters. The number of nitrogens with two attached hydrogens (primary N) is 1. The minimum absolute atomic E-state index is 0.663. The lowest BCUT2D eigenvalue weighted by atomic mass is 10.1. The summed E-state index contributed by atoms with van der Waals surface area (Å²) in [6.07, 6.45) is 25.8. The zero-order valence-corrected chi connectivity index (χ0v) is 20.7. The Kier molecular flexibility index (Phi) is 10.5. The van der Waals surface area contributed by atoms with Crippen molar-refractivity contribution in [2.75, 3.05) is 5.73 Å². The molecule has 6 heteroatoms. The summed E-state index contributed by atoms with van der Waals surface area (Å²) >= 11 is 0. The van der Waals surface area contributed by atoms with E-state index in [9.17, 15) is 0 Å². The maximum atomic E-state index is 6.20. The second-order valence-electron chi connectivity index (χ2n) is 9.24. The van der Waals surface area contributed by atoms with E-state index in [1.165, 1.54) is 88.2 Å². The van der Waals surface area contributed by atoms with Gasteiger partial charge in [-0.15, -0.1) is 0 Å². The van der Waals surface area contributed by atoms with Gasteiger partial charge in [0.25, 0.3) is 0 Å². The molecule has 0 radical (unpaired) electrons. The monoisotopic (exact) mass is 450 g/mol. The second kappa shape index (κ2) is 13.8. The molecule has 3 aromatic heterocycles. The second-order valence-corrected chi connectivity index (χ2v) is 9.24. The van der Waals surface area contributed by atoms with Crippen LogP contribution in [0.5, 0.6) is 0 Å². The fourth-order valence-corrected chi connectivity index (χ4v) is 4.20. The molecule has 0 unspecified atom stereocenters. The third-order valence-electron chi connectivity index (χ3n) is 6.20. The van der Waals surface area contributed by atoms with Gasteiger partial charge in [-0.3, -0.25) is 0 Å². The Bertz CT molecular complexity index is 869. The van der Waals surface area contributed by atoms with Crippen molar-refractivity contribution in [2.24, 2.45) is 0 Å². The van der Waals surface area contributed by atoms with E-state index in [-0.39, 0.29) is 0 Å². The number of hydrogen-bond acceptors (Lipinski definition) is 4. The summed E-state index contributed by atoms with van der Waals surface area (Å²) in [4.78, 5) is 4.78. The first-order chi connectivity index (χ1) is 16.2. The van der Waals surface area contributed by atoms with Crippen LogP contribution in [0.4, 0.5) is 5.69 Å². The van der Waals surface area contributed by atoms with Crippen molar-refractivity contribution in [1.82, 2.24) is 24.5 Å². The van der Waals surface area contributed by atoms with Crippen molar-refractivity contribution in [2.45, 2.75) is 104 Å². The van der Waals surface area contributed by atoms with Crippen LogP contribution < -0.4 is 5.73 Å². The Hall–Kier alpha value is -2.63. The van der Waals surface area contributed by atoms with Crippen molar-refractivity contribution in [1.29, 1.82) is 0 Å². The molecule has 0 fully saturated rings. The number of nitrogen functional groups attached to an aromatic ring is 1. The normalized spacial score (nSPS) is 11.3. The minimum atomic E-state index is 0.663. The Morgan fingerprint density at radius 1 is 0.636 bits per heavy atom. The lowest BCUT2D eigenvalue weighted by molar-refractivity contribution is 0.607. The van der Waals surface area contributed by atoms with Gasteiger partial charge in [-0.2, -0.15) is 10.2 Å². The fourth-order valence-electron chi connectivity index (χ4n) is 4.20. The number of aryl methyl sites for hydroxylation is 2. The Morgan fingerprint density at radius 2 is 1.06 bits per heavy atom. The highest BCUT2D eigenvalue weighted by atomic mass is 15.3. The molecule has 3 aromatic rings. The van der Waals surface area contributed by atoms with Crippen molar-refractivity contribution < 1.29 is 0 Å². The number of unbranched alkanes of at least 4 members (excludes halogenated alkanes) is 10. The smallest absolute Gasteiger partial charge is 0.157 e. The van der Waals surface area contributed by atoms with Crippen molar-refractivity contribution in [3.05, 3.63) is 48.0 Å². The maximum absolute atomic E-state index is 6.20. The van der Waals surface area contributed by atoms with Crippen molar-refractivity contribution >= 4 is 5.69 Å². The van der Waals surface area contributed by atoms with Crippen LogP contribution in [-0.2, 0) is 12.8 Å². The summed E-state index contributed by atoms with van der Waals surface area (Å²) in [5.74, 6) is 1.46. The van der Waals surface area contributed by atoms with E-state index >= 15 is 0 Å². The predicted molar refractivity (Wildman–Crippen MR) is 137 cm³/mol. The van der Waals surface area contributed by atoms with Gasteiger partial charge < -0.3 is 5.73 Å². The number of anilines is 1. The molecular weight excluding hydrogens is 408 g/mol. The molecule has 0 amide bonds. The summed E-state index contributed by atoms with van der Waals surface area (Å²) in [6.45, 7) is 4.51. The van der Waals surface area contributed by atoms with Gasteiger partial charge in [0, 0.05) is 30.2 Å². The third kappa shape index (κ3) is 8.34. The molecule has 3 heterocycles. The first-order valence-corrected chi connectivity index (χ1v) is 13.0. The molecule has 6 nitrogen and oxygen atoms in total. The van der Waals surface area contributed by atoms with Gasteiger partial charge >= 0.3 is 0 Å². The van der Waals surface area contributed by atoms with Crippen LogP contribution in [0, 0.1) is 0 Å². The van der Waals surface area contributed by atoms with Crippen LogP contribution in [0.3, 0.4) is 0 Å². The molecule has 0 aromatic carbocycles. The summed E-state index contributed by atoms with van der Waals surface area (Å²) in [7, 11) is 0. The largest absolute Gasteiger partial charge is 0.399 e. The predicted octanol–water partition coefficient (Wildman–Crippen LogP) is 6.84. The molecule has 0 spiro atoms. The first-order valence-electron chi connectivity index (χ1n) is 13.0. The molecule has 0 aliphatic rings. The Labute approximate surface area is 199 Å². The van der Waals surface area contributed by atoms with Crippen molar-refractivity contribution in [3.8, 4) is 11.6 Å². The SMILES string of the molecule is CCCCCCCCc1cnn(-c2cc(N)cc(-n3cc(CCCCCCCC)cn3)n2)c1. The number of rotatable bonds is 16. The highest BCUT2D eigenvalue weighted by Crippen LogP contribution is 2.17. The van der Waals surface area contributed by atoms with E-state index in [2.05, 4.69) is 36.4 Å². The number of hydrogen-bond donors (Lipinski definition) is 1. The van der Waals surface area contributed by atoms with Crippen LogP contribution in [0.1, 0.15) is 102 Å². The van der Waals surface area contributed by atoms with E-state index in [1.807, 2.05) is 33.9 Å². The zero-order chi connectivity index (χ0) is 23.3. The molecule has 0 aliphatic carbocycles. The maximum Gasteiger partial charge on any atom is 0.157 e. The Morgan fingerprint density at radius 3 is 1.52 bits per heavy atom. The van der Waals surface area contributed by atoms with Crippen molar-refractivity contribution in [3.63, 3.8) is 0 Å². The quantitative estimate of drug-likeness (QED) is 0.242. The van der Waals surface area contributed by atoms with Gasteiger partial charge in [-0.1, -0.05) is 78.1 Å². The van der Waals surface area contributed by atoms with Crippen LogP contribution in [0.15, 0.2) is 36.9 Å². The van der Waals surface area contributed by atoms with Crippen LogP contribution >= 0.6 is 0 Å². The Balaban J connectivity index is 1.56. The standard InChI is InChI=1S/C27H42N6/c1-3-5-7-9-11-13-15-23-19-29-32(21-23)26-17-25(28)18-27(31-26)33-22-24(20-30-33)16-14-12-10-8-6-4-2/h17-22H,3-16H2,1-2H3,(H2,28,31). The van der Waals surface area contributed by atoms with E-state index in [0.29, 0.717) is 5.69 Å². The topological polar surface area (TPSA) is 74.6 Å². The van der Waals surface area contributed by atoms with E-state index in [1.54, 1.807) is 0 Å². The van der Waals surface area contributed by atoms with Gasteiger partial charge in [-0.25, -0.2) is 14.3 Å². The molecule has 33 heavy (non-hydrogen) atoms. The molecular formula is C27H42N6. The summed E-state index contributed by atoms with van der Waals surface area (Å²) in [6, 6.07) is 3.73. The van der Waals surface area contributed by atoms with Gasteiger partial charge in [0.05, 0.1) is 12.4 Å². The van der Waals surface area contributed by atoms with Crippen LogP contribution in [0.25, 0.3) is 11.6 Å². The molecule has 2 N–H and O–H groups in total. The average Bonchev–Trinajstić information content (AvgIpc) is 3.48. The van der Waals surface area contributed by atoms with Gasteiger partial charge in [-0.05, 0) is 36.8 Å². The van der Waals surface area contributed by atoms with Crippen LogP contribution in [0.2, 0.25) is 0 Å². The lowest BCUT2D eigenvalue weighted by Crippen LogP contribution is -2.05. The third-order valence-corrected chi connectivity index (χ3v) is 6.20. The van der Waals surface area contributed by atoms with E-state index in [4.69, 9.17) is 10.7 Å². The van der Waals surface area contributed by atoms with E-state index in [0.717, 1.165) is 24.5 Å². The molecule has 180 valence electrons. The number of nitrogens with zero attached hydrogens (tertiary/aromatic N) is 5. The van der Waals surface area contributed by atoms with Gasteiger partial charge in [0.15, 0.2) is 11.6 Å².